The zero-order chi connectivity index (χ0) is 13.9. The maximum Gasteiger partial charge on any atom is 0.573 e. The molecule has 0 atom stereocenters. The summed E-state index contributed by atoms with van der Waals surface area (Å²) >= 11 is 0. The Bertz CT molecular complexity index is 485. The maximum atomic E-state index is 12.1. The molecule has 0 radical (unpaired) electrons. The Labute approximate surface area is 99.2 Å². The van der Waals surface area contributed by atoms with Crippen molar-refractivity contribution in [2.75, 3.05) is 5.32 Å². The molecule has 0 unspecified atom stereocenters. The number of ether oxygens (including phenoxy) is 1. The van der Waals surface area contributed by atoms with Crippen LogP contribution in [0.25, 0.3) is 0 Å². The van der Waals surface area contributed by atoms with Gasteiger partial charge in [0.05, 0.1) is 11.3 Å². The second kappa shape index (κ2) is 4.94. The minimum Gasteiger partial charge on any atom is -0.478 e. The first-order valence-corrected chi connectivity index (χ1v) is 4.60. The molecule has 18 heavy (non-hydrogen) atoms. The lowest BCUT2D eigenvalue weighted by molar-refractivity contribution is -0.274. The summed E-state index contributed by atoms with van der Waals surface area (Å²) in [5.41, 5.74) is -0.645. The number of carboxylic acid groups (broad SMARTS) is 1. The molecule has 0 spiro atoms. The van der Waals surface area contributed by atoms with Gasteiger partial charge in [-0.25, -0.2) is 4.79 Å². The van der Waals surface area contributed by atoms with Crippen LogP contribution in [0.4, 0.5) is 18.9 Å². The van der Waals surface area contributed by atoms with Crippen molar-refractivity contribution < 1.29 is 32.6 Å². The minimum absolute atomic E-state index is 0.259. The first kappa shape index (κ1) is 13.8. The summed E-state index contributed by atoms with van der Waals surface area (Å²) in [4.78, 5) is 21.4. The first-order valence-electron chi connectivity index (χ1n) is 4.60. The molecule has 0 saturated heterocycles. The maximum absolute atomic E-state index is 12.1. The van der Waals surface area contributed by atoms with Gasteiger partial charge < -0.3 is 15.2 Å². The van der Waals surface area contributed by atoms with Crippen molar-refractivity contribution in [3.05, 3.63) is 23.8 Å². The van der Waals surface area contributed by atoms with Crippen LogP contribution in [0, 0.1) is 0 Å². The van der Waals surface area contributed by atoms with Crippen LogP contribution in [0.1, 0.15) is 17.3 Å². The van der Waals surface area contributed by atoms with Gasteiger partial charge in [0, 0.05) is 6.92 Å². The number of hydrogen-bond acceptors (Lipinski definition) is 3. The molecular formula is C10H8F3NO4. The summed E-state index contributed by atoms with van der Waals surface area (Å²) in [6, 6.07) is 2.75. The Morgan fingerprint density at radius 3 is 2.39 bits per heavy atom. The molecule has 1 aromatic carbocycles. The Morgan fingerprint density at radius 1 is 1.33 bits per heavy atom. The van der Waals surface area contributed by atoms with Gasteiger partial charge in [0.1, 0.15) is 0 Å². The smallest absolute Gasteiger partial charge is 0.478 e. The summed E-state index contributed by atoms with van der Waals surface area (Å²) in [6.45, 7) is 1.10. The van der Waals surface area contributed by atoms with Gasteiger partial charge in [0.2, 0.25) is 5.91 Å². The minimum atomic E-state index is -4.98. The molecule has 0 aliphatic heterocycles. The fraction of sp³-hybridized carbons (Fsp3) is 0.200. The molecule has 0 saturated carbocycles. The standard InChI is InChI=1S/C10H8F3NO4/c1-5(15)14-7-3-2-6(9(16)17)4-8(7)18-10(11,12)13/h2-4H,1H3,(H,14,15)(H,16,17). The number of carbonyl (C=O) groups excluding carboxylic acids is 1. The number of carboxylic acids is 1. The Kier molecular flexibility index (Phi) is 3.79. The molecule has 0 fully saturated rings. The van der Waals surface area contributed by atoms with Gasteiger partial charge >= 0.3 is 12.3 Å². The fourth-order valence-corrected chi connectivity index (χ4v) is 1.16. The molecule has 0 aromatic heterocycles. The van der Waals surface area contributed by atoms with Gasteiger partial charge in [0.15, 0.2) is 5.75 Å². The molecule has 5 nitrogen and oxygen atoms in total. The molecule has 1 rings (SSSR count). The van der Waals surface area contributed by atoms with Crippen LogP contribution >= 0.6 is 0 Å². The van der Waals surface area contributed by atoms with E-state index in [0.29, 0.717) is 6.07 Å². The van der Waals surface area contributed by atoms with E-state index in [1.165, 1.54) is 0 Å². The molecular weight excluding hydrogens is 255 g/mol. The highest BCUT2D eigenvalue weighted by Crippen LogP contribution is 2.31. The van der Waals surface area contributed by atoms with E-state index in [0.717, 1.165) is 19.1 Å². The van der Waals surface area contributed by atoms with Gasteiger partial charge in [-0.05, 0) is 18.2 Å². The summed E-state index contributed by atoms with van der Waals surface area (Å²) in [5, 5.41) is 10.8. The largest absolute Gasteiger partial charge is 0.573 e. The predicted molar refractivity (Wildman–Crippen MR) is 54.4 cm³/mol. The van der Waals surface area contributed by atoms with Crippen molar-refractivity contribution >= 4 is 17.6 Å². The lowest BCUT2D eigenvalue weighted by Gasteiger charge is -2.13. The second-order valence-electron chi connectivity index (χ2n) is 3.25. The van der Waals surface area contributed by atoms with Crippen molar-refractivity contribution in [2.45, 2.75) is 13.3 Å². The molecule has 0 bridgehead atoms. The van der Waals surface area contributed by atoms with Crippen LogP contribution in [0.15, 0.2) is 18.2 Å². The number of anilines is 1. The highest BCUT2D eigenvalue weighted by Gasteiger charge is 2.32. The third-order valence-corrected chi connectivity index (χ3v) is 1.76. The summed E-state index contributed by atoms with van der Waals surface area (Å²) in [5.74, 6) is -2.79. The number of halogens is 3. The van der Waals surface area contributed by atoms with E-state index in [2.05, 4.69) is 10.1 Å². The molecule has 1 aromatic rings. The number of hydrogen-bond donors (Lipinski definition) is 2. The fourth-order valence-electron chi connectivity index (χ4n) is 1.16. The van der Waals surface area contributed by atoms with Crippen molar-refractivity contribution in [1.29, 1.82) is 0 Å². The number of alkyl halides is 3. The molecule has 0 aliphatic carbocycles. The second-order valence-corrected chi connectivity index (χ2v) is 3.25. The summed E-state index contributed by atoms with van der Waals surface area (Å²) in [7, 11) is 0. The van der Waals surface area contributed by atoms with Gasteiger partial charge in [0.25, 0.3) is 0 Å². The average Bonchev–Trinajstić information content (AvgIpc) is 2.17. The Balaban J connectivity index is 3.17. The first-order chi connectivity index (χ1) is 8.19. The molecule has 1 amide bonds. The molecule has 0 heterocycles. The van der Waals surface area contributed by atoms with Crippen molar-refractivity contribution in [3.8, 4) is 5.75 Å². The van der Waals surface area contributed by atoms with Gasteiger partial charge in [-0.2, -0.15) is 0 Å². The van der Waals surface area contributed by atoms with Gasteiger partial charge in [-0.15, -0.1) is 13.2 Å². The average molecular weight is 263 g/mol. The molecule has 2 N–H and O–H groups in total. The lowest BCUT2D eigenvalue weighted by atomic mass is 10.2. The Morgan fingerprint density at radius 2 is 1.94 bits per heavy atom. The Hall–Kier alpha value is -2.25. The topological polar surface area (TPSA) is 75.6 Å². The summed E-state index contributed by atoms with van der Waals surface area (Å²) < 4.78 is 40.0. The monoisotopic (exact) mass is 263 g/mol. The van der Waals surface area contributed by atoms with Crippen LogP contribution in [0.5, 0.6) is 5.75 Å². The van der Waals surface area contributed by atoms with E-state index in [-0.39, 0.29) is 11.3 Å². The van der Waals surface area contributed by atoms with Crippen LogP contribution in [0.3, 0.4) is 0 Å². The number of nitrogens with one attached hydrogen (secondary N) is 1. The summed E-state index contributed by atoms with van der Waals surface area (Å²) in [6.07, 6.45) is -4.98. The van der Waals surface area contributed by atoms with Crippen molar-refractivity contribution in [1.82, 2.24) is 0 Å². The van der Waals surface area contributed by atoms with E-state index in [1.807, 2.05) is 0 Å². The third kappa shape index (κ3) is 3.96. The number of rotatable bonds is 3. The normalized spacial score (nSPS) is 10.9. The van der Waals surface area contributed by atoms with Crippen molar-refractivity contribution in [3.63, 3.8) is 0 Å². The van der Waals surface area contributed by atoms with Crippen molar-refractivity contribution in [2.24, 2.45) is 0 Å². The molecule has 98 valence electrons. The molecule has 0 aliphatic rings. The van der Waals surface area contributed by atoms with E-state index in [9.17, 15) is 22.8 Å². The van der Waals surface area contributed by atoms with Crippen LogP contribution < -0.4 is 10.1 Å². The lowest BCUT2D eigenvalue weighted by Crippen LogP contribution is -2.19. The number of amides is 1. The van der Waals surface area contributed by atoms with Crippen LogP contribution in [-0.4, -0.2) is 23.3 Å². The van der Waals surface area contributed by atoms with Crippen LogP contribution in [-0.2, 0) is 4.79 Å². The third-order valence-electron chi connectivity index (χ3n) is 1.76. The SMILES string of the molecule is CC(=O)Nc1ccc(C(=O)O)cc1OC(F)(F)F. The highest BCUT2D eigenvalue weighted by atomic mass is 19.4. The molecule has 8 heteroatoms. The van der Waals surface area contributed by atoms with E-state index in [1.54, 1.807) is 0 Å². The quantitative estimate of drug-likeness (QED) is 0.876. The number of benzene rings is 1. The van der Waals surface area contributed by atoms with E-state index < -0.39 is 24.0 Å². The van der Waals surface area contributed by atoms with Gasteiger partial charge in [-0.1, -0.05) is 0 Å². The zero-order valence-corrected chi connectivity index (χ0v) is 9.04. The predicted octanol–water partition coefficient (Wildman–Crippen LogP) is 2.24. The number of carbonyl (C=O) groups is 2. The van der Waals surface area contributed by atoms with E-state index >= 15 is 0 Å². The number of aromatic carboxylic acids is 1. The highest BCUT2D eigenvalue weighted by molar-refractivity contribution is 5.93. The van der Waals surface area contributed by atoms with E-state index in [4.69, 9.17) is 5.11 Å². The zero-order valence-electron chi connectivity index (χ0n) is 9.04. The van der Waals surface area contributed by atoms with Gasteiger partial charge in [-0.3, -0.25) is 4.79 Å². The van der Waals surface area contributed by atoms with Crippen LogP contribution in [0.2, 0.25) is 0 Å².